The molecule has 24 heavy (non-hydrogen) atoms. The molecule has 0 bridgehead atoms. The van der Waals surface area contributed by atoms with Crippen molar-refractivity contribution in [2.45, 2.75) is 19.8 Å². The van der Waals surface area contributed by atoms with Crippen LogP contribution in [-0.2, 0) is 0 Å². The number of fused-ring (bicyclic) bond motifs is 1. The van der Waals surface area contributed by atoms with E-state index in [9.17, 15) is 14.9 Å². The second-order valence-corrected chi connectivity index (χ2v) is 5.71. The molecular weight excluding hydrogens is 308 g/mol. The van der Waals surface area contributed by atoms with Crippen molar-refractivity contribution in [1.29, 1.82) is 0 Å². The van der Waals surface area contributed by atoms with Gasteiger partial charge in [0.2, 0.25) is 5.82 Å². The quantitative estimate of drug-likeness (QED) is 0.586. The zero-order chi connectivity index (χ0) is 17.3. The van der Waals surface area contributed by atoms with Crippen LogP contribution in [0, 0.1) is 10.1 Å². The molecule has 7 heteroatoms. The van der Waals surface area contributed by atoms with Crippen LogP contribution in [0.5, 0.6) is 0 Å². The number of aromatic nitrogens is 2. The summed E-state index contributed by atoms with van der Waals surface area (Å²) < 4.78 is 1.16. The topological polar surface area (TPSA) is 89.5 Å². The van der Waals surface area contributed by atoms with E-state index in [0.717, 1.165) is 9.96 Å². The molecule has 3 aromatic rings. The number of pyridine rings is 1. The molecule has 0 radical (unpaired) electrons. The van der Waals surface area contributed by atoms with Crippen molar-refractivity contribution in [3.63, 3.8) is 0 Å². The molecule has 0 saturated heterocycles. The van der Waals surface area contributed by atoms with Gasteiger partial charge in [-0.2, -0.15) is 0 Å². The predicted octanol–water partition coefficient (Wildman–Crippen LogP) is 3.47. The normalized spacial score (nSPS) is 11.0. The average Bonchev–Trinajstić information content (AvgIpc) is 2.55. The third-order valence-electron chi connectivity index (χ3n) is 3.71. The highest BCUT2D eigenvalue weighted by atomic mass is 16.6. The van der Waals surface area contributed by atoms with Crippen LogP contribution in [0.4, 0.5) is 17.2 Å². The first-order valence-electron chi connectivity index (χ1n) is 7.50. The van der Waals surface area contributed by atoms with Gasteiger partial charge in [-0.3, -0.25) is 19.3 Å². The van der Waals surface area contributed by atoms with Gasteiger partial charge >= 0.3 is 11.2 Å². The molecule has 0 aliphatic rings. The van der Waals surface area contributed by atoms with E-state index in [1.165, 1.54) is 6.20 Å². The fourth-order valence-electron chi connectivity index (χ4n) is 2.44. The molecule has 3 rings (SSSR count). The maximum atomic E-state index is 12.4. The molecule has 122 valence electrons. The van der Waals surface area contributed by atoms with E-state index in [-0.39, 0.29) is 5.82 Å². The van der Waals surface area contributed by atoms with Crippen LogP contribution in [0.3, 0.4) is 0 Å². The lowest BCUT2D eigenvalue weighted by atomic mass is 10.0. The first-order valence-corrected chi connectivity index (χ1v) is 7.50. The Morgan fingerprint density at radius 2 is 2.00 bits per heavy atom. The summed E-state index contributed by atoms with van der Waals surface area (Å²) in [5, 5.41) is 14.3. The van der Waals surface area contributed by atoms with E-state index in [2.05, 4.69) is 24.1 Å². The molecule has 0 fully saturated rings. The molecule has 0 spiro atoms. The van der Waals surface area contributed by atoms with E-state index in [0.29, 0.717) is 17.3 Å². The zero-order valence-corrected chi connectivity index (χ0v) is 13.3. The van der Waals surface area contributed by atoms with Crippen LogP contribution >= 0.6 is 0 Å². The van der Waals surface area contributed by atoms with Crippen LogP contribution in [0.1, 0.15) is 25.3 Å². The average molecular weight is 324 g/mol. The van der Waals surface area contributed by atoms with Crippen molar-refractivity contribution in [3.05, 3.63) is 74.7 Å². The van der Waals surface area contributed by atoms with Gasteiger partial charge in [0, 0.05) is 11.9 Å². The summed E-state index contributed by atoms with van der Waals surface area (Å²) in [7, 11) is 0. The Labute approximate surface area is 137 Å². The lowest BCUT2D eigenvalue weighted by Crippen LogP contribution is -2.20. The van der Waals surface area contributed by atoms with Gasteiger partial charge in [0.1, 0.15) is 5.65 Å². The van der Waals surface area contributed by atoms with Gasteiger partial charge in [0.25, 0.3) is 0 Å². The van der Waals surface area contributed by atoms with Crippen LogP contribution in [0.25, 0.3) is 5.65 Å². The maximum absolute atomic E-state index is 12.4. The van der Waals surface area contributed by atoms with Gasteiger partial charge < -0.3 is 5.32 Å². The predicted molar refractivity (Wildman–Crippen MR) is 91.9 cm³/mol. The molecule has 0 aliphatic carbocycles. The molecule has 2 heterocycles. The summed E-state index contributed by atoms with van der Waals surface area (Å²) in [6, 6.07) is 12.5. The fraction of sp³-hybridized carbons (Fsp3) is 0.176. The molecule has 0 aliphatic heterocycles. The van der Waals surface area contributed by atoms with Crippen molar-refractivity contribution in [2.24, 2.45) is 0 Å². The highest BCUT2D eigenvalue weighted by molar-refractivity contribution is 5.67. The highest BCUT2D eigenvalue weighted by Crippen LogP contribution is 2.25. The smallest absolute Gasteiger partial charge is 0.334 e. The summed E-state index contributed by atoms with van der Waals surface area (Å²) in [5.74, 6) is 0.258. The van der Waals surface area contributed by atoms with Gasteiger partial charge in [-0.25, -0.2) is 4.98 Å². The molecule has 2 aromatic heterocycles. The molecule has 0 unspecified atom stereocenters. The van der Waals surface area contributed by atoms with Crippen molar-refractivity contribution >= 4 is 22.8 Å². The van der Waals surface area contributed by atoms with Gasteiger partial charge in [0.05, 0.1) is 4.92 Å². The Kier molecular flexibility index (Phi) is 3.99. The summed E-state index contributed by atoms with van der Waals surface area (Å²) >= 11 is 0. The minimum Gasteiger partial charge on any atom is -0.334 e. The minimum absolute atomic E-state index is 0.0582. The maximum Gasteiger partial charge on any atom is 0.376 e. The molecule has 1 aromatic carbocycles. The van der Waals surface area contributed by atoms with E-state index >= 15 is 0 Å². The molecule has 0 atom stereocenters. The molecule has 7 nitrogen and oxygen atoms in total. The lowest BCUT2D eigenvalue weighted by molar-refractivity contribution is -0.385. The van der Waals surface area contributed by atoms with E-state index < -0.39 is 16.2 Å². The van der Waals surface area contributed by atoms with E-state index in [1.807, 2.05) is 18.2 Å². The number of nitrogens with one attached hydrogen (secondary N) is 1. The molecular formula is C17H16N4O3. The summed E-state index contributed by atoms with van der Waals surface area (Å²) in [5.41, 5.74) is 0.786. The number of hydrogen-bond acceptors (Lipinski definition) is 5. The Balaban J connectivity index is 2.15. The third-order valence-corrected chi connectivity index (χ3v) is 3.71. The van der Waals surface area contributed by atoms with Crippen molar-refractivity contribution in [1.82, 2.24) is 9.38 Å². The summed E-state index contributed by atoms with van der Waals surface area (Å²) in [6.45, 7) is 4.12. The van der Waals surface area contributed by atoms with E-state index in [4.69, 9.17) is 0 Å². The Bertz CT molecular complexity index is 979. The Morgan fingerprint density at radius 3 is 2.71 bits per heavy atom. The van der Waals surface area contributed by atoms with E-state index in [1.54, 1.807) is 24.3 Å². The molecule has 0 amide bonds. The molecule has 0 saturated carbocycles. The van der Waals surface area contributed by atoms with Gasteiger partial charge in [-0.05, 0) is 35.7 Å². The lowest BCUT2D eigenvalue weighted by Gasteiger charge is -2.10. The Morgan fingerprint density at radius 1 is 1.21 bits per heavy atom. The number of nitro groups is 1. The van der Waals surface area contributed by atoms with Gasteiger partial charge in [-0.1, -0.05) is 32.0 Å². The first-order chi connectivity index (χ1) is 11.5. The summed E-state index contributed by atoms with van der Waals surface area (Å²) in [4.78, 5) is 27.3. The number of rotatable bonds is 4. The van der Waals surface area contributed by atoms with Crippen LogP contribution in [-0.4, -0.2) is 14.3 Å². The first kappa shape index (κ1) is 15.7. The SMILES string of the molecule is CC(C)c1cccc(Nc2nc3ccccn3c(=O)c2[N+](=O)[O-])c1. The third kappa shape index (κ3) is 2.83. The summed E-state index contributed by atoms with van der Waals surface area (Å²) in [6.07, 6.45) is 1.46. The van der Waals surface area contributed by atoms with Crippen molar-refractivity contribution in [2.75, 3.05) is 5.32 Å². The van der Waals surface area contributed by atoms with Gasteiger partial charge in [0.15, 0.2) is 0 Å². The van der Waals surface area contributed by atoms with Crippen LogP contribution in [0.2, 0.25) is 0 Å². The van der Waals surface area contributed by atoms with Crippen molar-refractivity contribution in [3.8, 4) is 0 Å². The zero-order valence-electron chi connectivity index (χ0n) is 13.3. The second kappa shape index (κ2) is 6.11. The van der Waals surface area contributed by atoms with Crippen LogP contribution in [0.15, 0.2) is 53.5 Å². The number of benzene rings is 1. The van der Waals surface area contributed by atoms with Crippen molar-refractivity contribution < 1.29 is 4.92 Å². The number of anilines is 2. The van der Waals surface area contributed by atoms with Crippen LogP contribution < -0.4 is 10.9 Å². The highest BCUT2D eigenvalue weighted by Gasteiger charge is 2.23. The number of hydrogen-bond donors (Lipinski definition) is 1. The minimum atomic E-state index is -0.715. The standard InChI is InChI=1S/C17H16N4O3/c1-11(2)12-6-5-7-13(10-12)18-16-15(21(23)24)17(22)20-9-4-3-8-14(20)19-16/h3-11,18H,1-2H3. The monoisotopic (exact) mass is 324 g/mol. The fourth-order valence-corrected chi connectivity index (χ4v) is 2.44. The van der Waals surface area contributed by atoms with Gasteiger partial charge in [-0.15, -0.1) is 0 Å². The second-order valence-electron chi connectivity index (χ2n) is 5.71. The number of nitrogens with zero attached hydrogens (tertiary/aromatic N) is 3. The Hall–Kier alpha value is -3.22. The molecule has 1 N–H and O–H groups in total. The largest absolute Gasteiger partial charge is 0.376 e.